The van der Waals surface area contributed by atoms with E-state index in [1.807, 2.05) is 37.3 Å². The third-order valence-electron chi connectivity index (χ3n) is 4.56. The first-order valence-electron chi connectivity index (χ1n) is 9.43. The highest BCUT2D eigenvalue weighted by molar-refractivity contribution is 5.88. The summed E-state index contributed by atoms with van der Waals surface area (Å²) < 4.78 is 16.1. The van der Waals surface area contributed by atoms with E-state index in [0.717, 1.165) is 11.3 Å². The Bertz CT molecular complexity index is 807. The van der Waals surface area contributed by atoms with Crippen LogP contribution in [-0.4, -0.2) is 50.6 Å². The van der Waals surface area contributed by atoms with E-state index in [1.54, 1.807) is 39.5 Å². The van der Waals surface area contributed by atoms with E-state index in [4.69, 9.17) is 14.2 Å². The van der Waals surface area contributed by atoms with Crippen LogP contribution in [0.15, 0.2) is 48.5 Å². The van der Waals surface area contributed by atoms with Crippen molar-refractivity contribution < 1.29 is 23.8 Å². The highest BCUT2D eigenvalue weighted by atomic mass is 16.5. The first-order chi connectivity index (χ1) is 14.0. The van der Waals surface area contributed by atoms with Gasteiger partial charge in [0.1, 0.15) is 11.8 Å². The molecule has 2 aromatic carbocycles. The van der Waals surface area contributed by atoms with Gasteiger partial charge in [-0.05, 0) is 36.2 Å². The Balaban J connectivity index is 2.20. The minimum absolute atomic E-state index is 0.204. The lowest BCUT2D eigenvalue weighted by molar-refractivity contribution is -0.142. The molecule has 1 N–H and O–H groups in total. The van der Waals surface area contributed by atoms with Crippen LogP contribution in [0.25, 0.3) is 0 Å². The zero-order valence-electron chi connectivity index (χ0n) is 17.3. The molecule has 0 bridgehead atoms. The number of methoxy groups -OCH3 is 2. The third kappa shape index (κ3) is 5.88. The van der Waals surface area contributed by atoms with Crippen LogP contribution in [0.4, 0.5) is 0 Å². The molecule has 7 heteroatoms. The Kier molecular flexibility index (Phi) is 8.33. The predicted octanol–water partition coefficient (Wildman–Crippen LogP) is 2.64. The fourth-order valence-corrected chi connectivity index (χ4v) is 2.97. The molecule has 0 aliphatic heterocycles. The molecule has 156 valence electrons. The second-order valence-corrected chi connectivity index (χ2v) is 6.35. The average Bonchev–Trinajstić information content (AvgIpc) is 2.77. The van der Waals surface area contributed by atoms with Crippen LogP contribution in [0.3, 0.4) is 0 Å². The van der Waals surface area contributed by atoms with Gasteiger partial charge in [0.25, 0.3) is 5.91 Å². The molecule has 0 aliphatic rings. The second-order valence-electron chi connectivity index (χ2n) is 6.35. The lowest BCUT2D eigenvalue weighted by Crippen LogP contribution is -2.49. The number of carbonyl (C=O) groups excluding carboxylic acids is 2. The van der Waals surface area contributed by atoms with E-state index in [9.17, 15) is 9.59 Å². The van der Waals surface area contributed by atoms with Gasteiger partial charge >= 0.3 is 0 Å². The average molecular weight is 400 g/mol. The summed E-state index contributed by atoms with van der Waals surface area (Å²) in [5.41, 5.74) is 0.888. The van der Waals surface area contributed by atoms with E-state index < -0.39 is 6.04 Å². The van der Waals surface area contributed by atoms with Crippen molar-refractivity contribution in [2.24, 2.45) is 0 Å². The highest BCUT2D eigenvalue weighted by Crippen LogP contribution is 2.26. The summed E-state index contributed by atoms with van der Waals surface area (Å²) >= 11 is 0. The smallest absolute Gasteiger partial charge is 0.261 e. The minimum Gasteiger partial charge on any atom is -0.497 e. The van der Waals surface area contributed by atoms with Gasteiger partial charge in [-0.15, -0.1) is 0 Å². The molecule has 29 heavy (non-hydrogen) atoms. The van der Waals surface area contributed by atoms with Gasteiger partial charge in [-0.1, -0.05) is 31.2 Å². The first kappa shape index (κ1) is 22.1. The molecule has 0 unspecified atom stereocenters. The van der Waals surface area contributed by atoms with E-state index in [2.05, 4.69) is 5.32 Å². The number of rotatable bonds is 10. The van der Waals surface area contributed by atoms with Crippen molar-refractivity contribution in [3.8, 4) is 17.2 Å². The van der Waals surface area contributed by atoms with Gasteiger partial charge in [0.2, 0.25) is 5.91 Å². The number of ether oxygens (including phenoxy) is 3. The zero-order valence-corrected chi connectivity index (χ0v) is 17.3. The topological polar surface area (TPSA) is 77.1 Å². The lowest BCUT2D eigenvalue weighted by atomic mass is 10.1. The van der Waals surface area contributed by atoms with Crippen LogP contribution < -0.4 is 19.5 Å². The minimum atomic E-state index is -0.601. The van der Waals surface area contributed by atoms with Gasteiger partial charge in [-0.2, -0.15) is 0 Å². The van der Waals surface area contributed by atoms with E-state index in [0.29, 0.717) is 17.9 Å². The number of hydrogen-bond donors (Lipinski definition) is 1. The number of likely N-dealkylation sites (N-methyl/N-ethyl adjacent to an activating group) is 1. The van der Waals surface area contributed by atoms with Gasteiger partial charge < -0.3 is 24.4 Å². The second kappa shape index (κ2) is 10.9. The molecule has 0 fully saturated rings. The predicted molar refractivity (Wildman–Crippen MR) is 110 cm³/mol. The van der Waals surface area contributed by atoms with Gasteiger partial charge in [-0.3, -0.25) is 9.59 Å². The molecule has 0 radical (unpaired) electrons. The van der Waals surface area contributed by atoms with Crippen LogP contribution in [0.5, 0.6) is 17.2 Å². The van der Waals surface area contributed by atoms with E-state index >= 15 is 0 Å². The van der Waals surface area contributed by atoms with Crippen molar-refractivity contribution in [3.05, 3.63) is 54.1 Å². The molecule has 2 amide bonds. The first-order valence-corrected chi connectivity index (χ1v) is 9.43. The number of nitrogens with one attached hydrogen (secondary N) is 1. The summed E-state index contributed by atoms with van der Waals surface area (Å²) in [7, 11) is 4.70. The van der Waals surface area contributed by atoms with E-state index in [-0.39, 0.29) is 25.0 Å². The van der Waals surface area contributed by atoms with Crippen LogP contribution in [-0.2, 0) is 16.1 Å². The summed E-state index contributed by atoms with van der Waals surface area (Å²) in [6.07, 6.45) is 0.482. The quantitative estimate of drug-likeness (QED) is 0.663. The van der Waals surface area contributed by atoms with E-state index in [1.165, 1.54) is 4.90 Å². The van der Waals surface area contributed by atoms with Crippen molar-refractivity contribution in [2.45, 2.75) is 25.9 Å². The molecule has 0 aromatic heterocycles. The largest absolute Gasteiger partial charge is 0.497 e. The monoisotopic (exact) mass is 400 g/mol. The number of nitrogens with zero attached hydrogens (tertiary/aromatic N) is 1. The van der Waals surface area contributed by atoms with Gasteiger partial charge in [0, 0.05) is 13.6 Å². The van der Waals surface area contributed by atoms with Crippen LogP contribution in [0, 0.1) is 0 Å². The zero-order chi connectivity index (χ0) is 21.2. The Morgan fingerprint density at radius 2 is 1.66 bits per heavy atom. The molecule has 7 nitrogen and oxygen atoms in total. The van der Waals surface area contributed by atoms with Crippen molar-refractivity contribution in [2.75, 3.05) is 27.9 Å². The Morgan fingerprint density at radius 1 is 1.00 bits per heavy atom. The van der Waals surface area contributed by atoms with Gasteiger partial charge in [0.15, 0.2) is 18.1 Å². The molecular formula is C22H28N2O5. The standard InChI is InChI=1S/C22H28N2O5/c1-5-18(22(26)23-2)24(14-16-10-12-17(27-3)13-11-16)21(25)15-29-20-9-7-6-8-19(20)28-4/h6-13,18H,5,14-15H2,1-4H3,(H,23,26)/t18-/m0/s1. The normalized spacial score (nSPS) is 11.3. The molecule has 1 atom stereocenters. The summed E-state index contributed by atoms with van der Waals surface area (Å²) in [5.74, 6) is 1.24. The summed E-state index contributed by atoms with van der Waals surface area (Å²) in [4.78, 5) is 26.9. The number of para-hydroxylation sites is 2. The summed E-state index contributed by atoms with van der Waals surface area (Å²) in [5, 5.41) is 2.63. The molecule has 2 rings (SSSR count). The van der Waals surface area contributed by atoms with Gasteiger partial charge in [0.05, 0.1) is 14.2 Å². The molecule has 0 saturated heterocycles. The number of carbonyl (C=O) groups is 2. The molecular weight excluding hydrogens is 372 g/mol. The maximum Gasteiger partial charge on any atom is 0.261 e. The van der Waals surface area contributed by atoms with Gasteiger partial charge in [-0.25, -0.2) is 0 Å². The lowest BCUT2D eigenvalue weighted by Gasteiger charge is -2.30. The molecule has 0 spiro atoms. The summed E-state index contributed by atoms with van der Waals surface area (Å²) in [6, 6.07) is 13.9. The molecule has 0 aliphatic carbocycles. The fourth-order valence-electron chi connectivity index (χ4n) is 2.97. The van der Waals surface area contributed by atoms with Crippen molar-refractivity contribution in [1.29, 1.82) is 0 Å². The fraction of sp³-hybridized carbons (Fsp3) is 0.364. The van der Waals surface area contributed by atoms with Crippen molar-refractivity contribution in [3.63, 3.8) is 0 Å². The molecule has 0 saturated carbocycles. The maximum absolute atomic E-state index is 13.0. The highest BCUT2D eigenvalue weighted by Gasteiger charge is 2.28. The Hall–Kier alpha value is -3.22. The number of benzene rings is 2. The van der Waals surface area contributed by atoms with Crippen molar-refractivity contribution in [1.82, 2.24) is 10.2 Å². The molecule has 2 aromatic rings. The maximum atomic E-state index is 13.0. The van der Waals surface area contributed by atoms with Crippen LogP contribution >= 0.6 is 0 Å². The van der Waals surface area contributed by atoms with Crippen LogP contribution in [0.2, 0.25) is 0 Å². The Morgan fingerprint density at radius 3 is 2.21 bits per heavy atom. The number of hydrogen-bond acceptors (Lipinski definition) is 5. The third-order valence-corrected chi connectivity index (χ3v) is 4.56. The Labute approximate surface area is 171 Å². The van der Waals surface area contributed by atoms with Crippen molar-refractivity contribution >= 4 is 11.8 Å². The summed E-state index contributed by atoms with van der Waals surface area (Å²) in [6.45, 7) is 1.95. The SMILES string of the molecule is CC[C@@H](C(=O)NC)N(Cc1ccc(OC)cc1)C(=O)COc1ccccc1OC. The number of amides is 2. The molecule has 0 heterocycles. The van der Waals surface area contributed by atoms with Crippen LogP contribution in [0.1, 0.15) is 18.9 Å².